The Bertz CT molecular complexity index is 322. The van der Waals surface area contributed by atoms with Gasteiger partial charge in [0.05, 0.1) is 13.1 Å². The van der Waals surface area contributed by atoms with Crippen LogP contribution in [-0.2, 0) is 0 Å². The Morgan fingerprint density at radius 2 is 1.32 bits per heavy atom. The molecule has 0 aromatic rings. The fraction of sp³-hybridized carbons (Fsp3) is 0.800. The minimum absolute atomic E-state index is 0. The van der Waals surface area contributed by atoms with Crippen molar-refractivity contribution < 1.29 is 16.9 Å². The zero-order valence-electron chi connectivity index (χ0n) is 15.2. The predicted octanol–water partition coefficient (Wildman–Crippen LogP) is 3.57. The molecule has 0 aromatic carbocycles. The fourth-order valence-electron chi connectivity index (χ4n) is 3.39. The number of hydrogen-bond acceptors (Lipinski definition) is 0. The van der Waals surface area contributed by atoms with E-state index in [-0.39, 0.29) is 12.4 Å². The SMILES string of the molecule is CCCCCCCC[N+]1(CCCC)C=CC=C1CCCC.[Cl-]. The van der Waals surface area contributed by atoms with Crippen LogP contribution < -0.4 is 12.4 Å². The van der Waals surface area contributed by atoms with Crippen molar-refractivity contribution in [1.29, 1.82) is 0 Å². The first-order valence-corrected chi connectivity index (χ1v) is 9.54. The Hall–Kier alpha value is -0.270. The first-order valence-electron chi connectivity index (χ1n) is 9.54. The van der Waals surface area contributed by atoms with E-state index in [0.29, 0.717) is 0 Å². The second-order valence-electron chi connectivity index (χ2n) is 6.71. The van der Waals surface area contributed by atoms with E-state index in [1.54, 1.807) is 5.70 Å². The molecule has 1 aliphatic heterocycles. The lowest BCUT2D eigenvalue weighted by Gasteiger charge is -2.34. The summed E-state index contributed by atoms with van der Waals surface area (Å²) in [5.41, 5.74) is 1.68. The summed E-state index contributed by atoms with van der Waals surface area (Å²) in [6, 6.07) is 0. The molecule has 0 saturated heterocycles. The third-order valence-corrected chi connectivity index (χ3v) is 4.84. The molecule has 0 amide bonds. The maximum Gasteiger partial charge on any atom is 0.114 e. The summed E-state index contributed by atoms with van der Waals surface area (Å²) in [6.45, 7) is 9.56. The standard InChI is InChI=1S/C20H38N.ClH/c1-4-7-10-11-12-13-18-21(17-9-6-3)19-14-16-20(21)15-8-5-2;/h14,16,19H,4-13,15,17-18H2,1-3H3;1H/q+1;/p-1. The Morgan fingerprint density at radius 3 is 2.00 bits per heavy atom. The normalized spacial score (nSPS) is 20.0. The quantitative estimate of drug-likeness (QED) is 0.358. The summed E-state index contributed by atoms with van der Waals surface area (Å²) in [5.74, 6) is 0. The zero-order chi connectivity index (χ0) is 15.4. The molecule has 0 fully saturated rings. The number of allylic oxidation sites excluding steroid dienone is 3. The molecule has 0 saturated carbocycles. The first kappa shape index (κ1) is 21.7. The highest BCUT2D eigenvalue weighted by atomic mass is 35.5. The summed E-state index contributed by atoms with van der Waals surface area (Å²) in [5, 5.41) is 0. The minimum Gasteiger partial charge on any atom is -1.00 e. The van der Waals surface area contributed by atoms with Gasteiger partial charge in [-0.2, -0.15) is 0 Å². The van der Waals surface area contributed by atoms with Crippen LogP contribution in [0.1, 0.15) is 91.4 Å². The van der Waals surface area contributed by atoms with Crippen LogP contribution in [0.15, 0.2) is 24.0 Å². The molecule has 1 rings (SSSR count). The summed E-state index contributed by atoms with van der Waals surface area (Å²) < 4.78 is 1.18. The van der Waals surface area contributed by atoms with Gasteiger partial charge in [-0.25, -0.2) is 0 Å². The molecule has 22 heavy (non-hydrogen) atoms. The number of hydrogen-bond donors (Lipinski definition) is 0. The first-order chi connectivity index (χ1) is 10.3. The number of quaternary nitrogens is 1. The van der Waals surface area contributed by atoms with E-state index >= 15 is 0 Å². The van der Waals surface area contributed by atoms with Gasteiger partial charge >= 0.3 is 0 Å². The van der Waals surface area contributed by atoms with E-state index in [0.717, 1.165) is 0 Å². The molecule has 130 valence electrons. The van der Waals surface area contributed by atoms with Crippen molar-refractivity contribution in [1.82, 2.24) is 0 Å². The van der Waals surface area contributed by atoms with Gasteiger partial charge in [-0.15, -0.1) is 0 Å². The topological polar surface area (TPSA) is 0 Å². The van der Waals surface area contributed by atoms with E-state index in [2.05, 4.69) is 39.1 Å². The second-order valence-corrected chi connectivity index (χ2v) is 6.71. The van der Waals surface area contributed by atoms with Gasteiger partial charge in [-0.1, -0.05) is 59.3 Å². The largest absolute Gasteiger partial charge is 1.00 e. The maximum atomic E-state index is 2.48. The lowest BCUT2D eigenvalue weighted by molar-refractivity contribution is -0.841. The van der Waals surface area contributed by atoms with Crippen molar-refractivity contribution in [2.75, 3.05) is 13.1 Å². The van der Waals surface area contributed by atoms with E-state index in [4.69, 9.17) is 0 Å². The van der Waals surface area contributed by atoms with Crippen LogP contribution in [-0.4, -0.2) is 17.6 Å². The molecule has 0 aliphatic carbocycles. The van der Waals surface area contributed by atoms with Gasteiger partial charge in [0.15, 0.2) is 0 Å². The van der Waals surface area contributed by atoms with Crippen LogP contribution in [0.4, 0.5) is 0 Å². The van der Waals surface area contributed by atoms with Gasteiger partial charge in [0.2, 0.25) is 0 Å². The highest BCUT2D eigenvalue weighted by molar-refractivity contribution is 5.13. The van der Waals surface area contributed by atoms with Gasteiger partial charge in [0.25, 0.3) is 0 Å². The molecular weight excluding hydrogens is 290 g/mol. The fourth-order valence-corrected chi connectivity index (χ4v) is 3.39. The monoisotopic (exact) mass is 327 g/mol. The highest BCUT2D eigenvalue weighted by Crippen LogP contribution is 2.30. The summed E-state index contributed by atoms with van der Waals surface area (Å²) in [6.07, 6.45) is 22.2. The van der Waals surface area contributed by atoms with Crippen LogP contribution in [0.3, 0.4) is 0 Å². The van der Waals surface area contributed by atoms with Gasteiger partial charge < -0.3 is 12.4 Å². The number of unbranched alkanes of at least 4 members (excludes halogenated alkanes) is 7. The van der Waals surface area contributed by atoms with Gasteiger partial charge in [0.1, 0.15) is 11.9 Å². The smallest absolute Gasteiger partial charge is 0.114 e. The van der Waals surface area contributed by atoms with E-state index in [1.165, 1.54) is 88.2 Å². The molecule has 0 bridgehead atoms. The average Bonchev–Trinajstić information content (AvgIpc) is 2.90. The Kier molecular flexibility index (Phi) is 13.0. The van der Waals surface area contributed by atoms with Crippen LogP contribution in [0.2, 0.25) is 0 Å². The third-order valence-electron chi connectivity index (χ3n) is 4.84. The Morgan fingerprint density at radius 1 is 0.727 bits per heavy atom. The number of rotatable bonds is 13. The minimum atomic E-state index is 0. The van der Waals surface area contributed by atoms with Gasteiger partial charge in [-0.3, -0.25) is 4.48 Å². The highest BCUT2D eigenvalue weighted by Gasteiger charge is 2.31. The summed E-state index contributed by atoms with van der Waals surface area (Å²) in [4.78, 5) is 0. The summed E-state index contributed by atoms with van der Waals surface area (Å²) in [7, 11) is 0. The molecule has 1 heterocycles. The lowest BCUT2D eigenvalue weighted by atomic mass is 10.1. The lowest BCUT2D eigenvalue weighted by Crippen LogP contribution is -3.00. The average molecular weight is 328 g/mol. The van der Waals surface area contributed by atoms with Crippen molar-refractivity contribution in [3.05, 3.63) is 24.0 Å². The van der Waals surface area contributed by atoms with Crippen LogP contribution in [0.5, 0.6) is 0 Å². The molecule has 1 unspecified atom stereocenters. The van der Waals surface area contributed by atoms with Crippen LogP contribution in [0.25, 0.3) is 0 Å². The number of halogens is 1. The van der Waals surface area contributed by atoms with E-state index in [1.807, 2.05) is 0 Å². The molecule has 0 N–H and O–H groups in total. The predicted molar refractivity (Wildman–Crippen MR) is 95.0 cm³/mol. The van der Waals surface area contributed by atoms with Crippen molar-refractivity contribution >= 4 is 0 Å². The van der Waals surface area contributed by atoms with Crippen molar-refractivity contribution in [2.45, 2.75) is 91.4 Å². The van der Waals surface area contributed by atoms with E-state index in [9.17, 15) is 0 Å². The molecule has 0 spiro atoms. The Labute approximate surface area is 145 Å². The third kappa shape index (κ3) is 7.33. The molecule has 1 atom stereocenters. The second kappa shape index (κ2) is 13.2. The maximum absolute atomic E-state index is 2.48. The summed E-state index contributed by atoms with van der Waals surface area (Å²) >= 11 is 0. The molecule has 1 nitrogen and oxygen atoms in total. The molecular formula is C20H38ClN. The Balaban J connectivity index is 0.00000441. The van der Waals surface area contributed by atoms with Crippen molar-refractivity contribution in [2.24, 2.45) is 0 Å². The van der Waals surface area contributed by atoms with Crippen molar-refractivity contribution in [3.8, 4) is 0 Å². The van der Waals surface area contributed by atoms with Gasteiger partial charge in [-0.05, 0) is 31.8 Å². The molecule has 0 aromatic heterocycles. The van der Waals surface area contributed by atoms with Crippen LogP contribution >= 0.6 is 0 Å². The molecule has 0 radical (unpaired) electrons. The van der Waals surface area contributed by atoms with Crippen molar-refractivity contribution in [3.63, 3.8) is 0 Å². The molecule has 2 heteroatoms. The van der Waals surface area contributed by atoms with Gasteiger partial charge in [0, 0.05) is 12.5 Å². The zero-order valence-corrected chi connectivity index (χ0v) is 16.0. The number of nitrogens with zero attached hydrogens (tertiary/aromatic N) is 1. The van der Waals surface area contributed by atoms with E-state index < -0.39 is 0 Å². The molecule has 1 aliphatic rings. The van der Waals surface area contributed by atoms with Crippen LogP contribution in [0, 0.1) is 0 Å².